The molecular weight excluding hydrogens is 180 g/mol. The largest absolute Gasteiger partial charge is 0.384 e. The molecule has 2 rings (SSSR count). The van der Waals surface area contributed by atoms with Gasteiger partial charge in [-0.2, -0.15) is 0 Å². The van der Waals surface area contributed by atoms with Crippen molar-refractivity contribution in [3.63, 3.8) is 0 Å². The number of ether oxygens (including phenoxy) is 1. The molecule has 76 valence electrons. The molecule has 0 radical (unpaired) electrons. The van der Waals surface area contributed by atoms with Crippen LogP contribution in [0.15, 0.2) is 23.1 Å². The Morgan fingerprint density at radius 2 is 2.50 bits per heavy atom. The van der Waals surface area contributed by atoms with Crippen molar-refractivity contribution in [1.29, 1.82) is 0 Å². The molecule has 0 spiro atoms. The van der Waals surface area contributed by atoms with E-state index in [1.54, 1.807) is 17.7 Å². The molecule has 2 heterocycles. The van der Waals surface area contributed by atoms with Gasteiger partial charge in [0.15, 0.2) is 0 Å². The highest BCUT2D eigenvalue weighted by Gasteiger charge is 2.18. The zero-order valence-electron chi connectivity index (χ0n) is 8.19. The molecule has 1 fully saturated rings. The molecule has 1 atom stereocenters. The highest BCUT2D eigenvalue weighted by Crippen LogP contribution is 2.16. The van der Waals surface area contributed by atoms with Gasteiger partial charge >= 0.3 is 0 Å². The summed E-state index contributed by atoms with van der Waals surface area (Å²) in [6.45, 7) is 1.40. The van der Waals surface area contributed by atoms with E-state index >= 15 is 0 Å². The van der Waals surface area contributed by atoms with E-state index in [4.69, 9.17) is 4.74 Å². The molecule has 0 amide bonds. The Hall–Kier alpha value is -1.29. The first kappa shape index (κ1) is 9.27. The number of aromatic nitrogens is 1. The fourth-order valence-corrected chi connectivity index (χ4v) is 1.73. The zero-order valence-corrected chi connectivity index (χ0v) is 8.19. The van der Waals surface area contributed by atoms with Crippen molar-refractivity contribution in [2.75, 3.05) is 25.6 Å². The van der Waals surface area contributed by atoms with Gasteiger partial charge in [-0.3, -0.25) is 4.79 Å². The lowest BCUT2D eigenvalue weighted by molar-refractivity contribution is 0.186. The van der Waals surface area contributed by atoms with E-state index in [-0.39, 0.29) is 11.6 Å². The zero-order chi connectivity index (χ0) is 9.97. The van der Waals surface area contributed by atoms with Crippen molar-refractivity contribution in [3.05, 3.63) is 28.7 Å². The Kier molecular flexibility index (Phi) is 2.54. The summed E-state index contributed by atoms with van der Waals surface area (Å²) in [5.74, 6) is 0. The second kappa shape index (κ2) is 3.84. The molecule has 1 aromatic rings. The molecule has 0 bridgehead atoms. The molecule has 4 heteroatoms. The summed E-state index contributed by atoms with van der Waals surface area (Å²) in [6.07, 6.45) is 2.75. The van der Waals surface area contributed by atoms with Crippen LogP contribution < -0.4 is 10.9 Å². The molecule has 1 saturated heterocycles. The highest BCUT2D eigenvalue weighted by atomic mass is 16.5. The summed E-state index contributed by atoms with van der Waals surface area (Å²) in [5, 5.41) is 2.88. The Balaban J connectivity index is 2.37. The molecule has 1 aromatic heterocycles. The third-order valence-electron chi connectivity index (χ3n) is 2.54. The van der Waals surface area contributed by atoms with Crippen LogP contribution in [-0.2, 0) is 4.74 Å². The van der Waals surface area contributed by atoms with Crippen LogP contribution in [0.5, 0.6) is 0 Å². The van der Waals surface area contributed by atoms with Gasteiger partial charge in [0, 0.05) is 19.9 Å². The molecule has 4 nitrogen and oxygen atoms in total. The first-order valence-corrected chi connectivity index (χ1v) is 4.79. The minimum atomic E-state index is 0.0329. The van der Waals surface area contributed by atoms with Crippen molar-refractivity contribution >= 4 is 5.69 Å². The van der Waals surface area contributed by atoms with E-state index in [1.807, 2.05) is 12.3 Å². The van der Waals surface area contributed by atoms with E-state index < -0.39 is 0 Å². The van der Waals surface area contributed by atoms with E-state index in [1.165, 1.54) is 0 Å². The quantitative estimate of drug-likeness (QED) is 0.759. The fourth-order valence-electron chi connectivity index (χ4n) is 1.73. The lowest BCUT2D eigenvalue weighted by atomic mass is 10.2. The van der Waals surface area contributed by atoms with Gasteiger partial charge in [0.25, 0.3) is 5.56 Å². The average molecular weight is 194 g/mol. The number of pyridine rings is 1. The fraction of sp³-hybridized carbons (Fsp3) is 0.500. The van der Waals surface area contributed by atoms with Crippen molar-refractivity contribution in [1.82, 2.24) is 4.57 Å². The number of anilines is 1. The van der Waals surface area contributed by atoms with E-state index in [0.717, 1.165) is 13.0 Å². The molecule has 0 aliphatic carbocycles. The van der Waals surface area contributed by atoms with Crippen LogP contribution >= 0.6 is 0 Å². The van der Waals surface area contributed by atoms with Gasteiger partial charge in [-0.1, -0.05) is 0 Å². The van der Waals surface area contributed by atoms with Crippen LogP contribution in [0.1, 0.15) is 12.5 Å². The summed E-state index contributed by atoms with van der Waals surface area (Å²) in [5.41, 5.74) is 0.671. The van der Waals surface area contributed by atoms with Crippen molar-refractivity contribution < 1.29 is 4.74 Å². The lowest BCUT2D eigenvalue weighted by Gasteiger charge is -2.12. The third kappa shape index (κ3) is 1.53. The number of hydrogen-bond acceptors (Lipinski definition) is 3. The number of rotatable bonds is 2. The van der Waals surface area contributed by atoms with E-state index in [0.29, 0.717) is 12.3 Å². The number of hydrogen-bond donors (Lipinski definition) is 1. The van der Waals surface area contributed by atoms with Crippen LogP contribution in [-0.4, -0.2) is 24.8 Å². The highest BCUT2D eigenvalue weighted by molar-refractivity contribution is 5.39. The maximum absolute atomic E-state index is 11.8. The van der Waals surface area contributed by atoms with Crippen LogP contribution in [0, 0.1) is 0 Å². The van der Waals surface area contributed by atoms with E-state index in [9.17, 15) is 4.79 Å². The topological polar surface area (TPSA) is 43.3 Å². The van der Waals surface area contributed by atoms with Gasteiger partial charge in [-0.15, -0.1) is 0 Å². The van der Waals surface area contributed by atoms with Crippen LogP contribution in [0.2, 0.25) is 0 Å². The molecule has 0 saturated carbocycles. The smallest absolute Gasteiger partial charge is 0.274 e. The predicted octanol–water partition coefficient (Wildman–Crippen LogP) is 0.851. The second-order valence-electron chi connectivity index (χ2n) is 3.40. The summed E-state index contributed by atoms with van der Waals surface area (Å²) in [7, 11) is 1.76. The first-order chi connectivity index (χ1) is 6.83. The van der Waals surface area contributed by atoms with Crippen molar-refractivity contribution in [2.24, 2.45) is 0 Å². The van der Waals surface area contributed by atoms with Gasteiger partial charge in [-0.25, -0.2) is 0 Å². The minimum Gasteiger partial charge on any atom is -0.384 e. The van der Waals surface area contributed by atoms with Crippen LogP contribution in [0.25, 0.3) is 0 Å². The number of nitrogens with zero attached hydrogens (tertiary/aromatic N) is 1. The van der Waals surface area contributed by atoms with E-state index in [2.05, 4.69) is 5.32 Å². The second-order valence-corrected chi connectivity index (χ2v) is 3.40. The SMILES string of the molecule is CNc1cccn(C2CCOC2)c1=O. The Morgan fingerprint density at radius 1 is 1.64 bits per heavy atom. The maximum atomic E-state index is 11.8. The summed E-state index contributed by atoms with van der Waals surface area (Å²) >= 11 is 0. The Labute approximate surface area is 82.5 Å². The maximum Gasteiger partial charge on any atom is 0.274 e. The van der Waals surface area contributed by atoms with Crippen LogP contribution in [0.3, 0.4) is 0 Å². The van der Waals surface area contributed by atoms with Crippen molar-refractivity contribution in [3.8, 4) is 0 Å². The van der Waals surface area contributed by atoms with Crippen LogP contribution in [0.4, 0.5) is 5.69 Å². The van der Waals surface area contributed by atoms with Gasteiger partial charge in [0.05, 0.1) is 12.6 Å². The van der Waals surface area contributed by atoms with Gasteiger partial charge in [0.2, 0.25) is 0 Å². The summed E-state index contributed by atoms with van der Waals surface area (Å²) < 4.78 is 7.01. The molecule has 14 heavy (non-hydrogen) atoms. The third-order valence-corrected chi connectivity index (χ3v) is 2.54. The summed E-state index contributed by atoms with van der Waals surface area (Å²) in [6, 6.07) is 3.87. The monoisotopic (exact) mass is 194 g/mol. The average Bonchev–Trinajstić information content (AvgIpc) is 2.71. The normalized spacial score (nSPS) is 21.1. The molecule has 1 aliphatic rings. The Morgan fingerprint density at radius 3 is 3.14 bits per heavy atom. The number of nitrogens with one attached hydrogen (secondary N) is 1. The van der Waals surface area contributed by atoms with Gasteiger partial charge < -0.3 is 14.6 Å². The lowest BCUT2D eigenvalue weighted by Crippen LogP contribution is -2.26. The first-order valence-electron chi connectivity index (χ1n) is 4.79. The Bertz CT molecular complexity index is 367. The predicted molar refractivity (Wildman–Crippen MR) is 54.7 cm³/mol. The van der Waals surface area contributed by atoms with Gasteiger partial charge in [-0.05, 0) is 18.6 Å². The standard InChI is InChI=1S/C10H14N2O2/c1-11-9-3-2-5-12(10(9)13)8-4-6-14-7-8/h2-3,5,8,11H,4,6-7H2,1H3. The van der Waals surface area contributed by atoms with Crippen molar-refractivity contribution in [2.45, 2.75) is 12.5 Å². The minimum absolute atomic E-state index is 0.0329. The molecule has 1 aliphatic heterocycles. The molecule has 0 aromatic carbocycles. The molecule has 1 N–H and O–H groups in total. The molecule has 1 unspecified atom stereocenters. The molecular formula is C10H14N2O2. The summed E-state index contributed by atoms with van der Waals surface area (Å²) in [4.78, 5) is 11.8. The van der Waals surface area contributed by atoms with Gasteiger partial charge in [0.1, 0.15) is 5.69 Å².